The third kappa shape index (κ3) is 2.51. The lowest BCUT2D eigenvalue weighted by molar-refractivity contribution is 0.0773. The molecule has 1 aromatic rings. The summed E-state index contributed by atoms with van der Waals surface area (Å²) in [6.07, 6.45) is 2.46. The van der Waals surface area contributed by atoms with Crippen molar-refractivity contribution in [3.05, 3.63) is 35.4 Å². The fraction of sp³-hybridized carbons (Fsp3) is 0.571. The summed E-state index contributed by atoms with van der Waals surface area (Å²) in [6, 6.07) is 8.63. The predicted octanol–water partition coefficient (Wildman–Crippen LogP) is 2.31. The van der Waals surface area contributed by atoms with Gasteiger partial charge in [0.1, 0.15) is 0 Å². The summed E-state index contributed by atoms with van der Waals surface area (Å²) in [5.74, 6) is 6.24. The van der Waals surface area contributed by atoms with Gasteiger partial charge in [-0.1, -0.05) is 31.2 Å². The standard InChI is InChI=1S/C14H22N2O/c1-3-13-12(8-9-17-13)14(16-15)11-7-5-4-6-10(11)2/h4-7,12-14,16H,3,8-9,15H2,1-2H3. The van der Waals surface area contributed by atoms with Crippen LogP contribution in [0.2, 0.25) is 0 Å². The van der Waals surface area contributed by atoms with Crippen molar-refractivity contribution in [1.82, 2.24) is 5.43 Å². The molecule has 94 valence electrons. The summed E-state index contributed by atoms with van der Waals surface area (Å²) in [5, 5.41) is 0. The Labute approximate surface area is 103 Å². The van der Waals surface area contributed by atoms with Gasteiger partial charge in [0.2, 0.25) is 0 Å². The molecule has 17 heavy (non-hydrogen) atoms. The van der Waals surface area contributed by atoms with Gasteiger partial charge in [-0.3, -0.25) is 11.3 Å². The van der Waals surface area contributed by atoms with Gasteiger partial charge in [-0.25, -0.2) is 0 Å². The molecule has 1 fully saturated rings. The maximum atomic E-state index is 5.76. The van der Waals surface area contributed by atoms with E-state index in [0.29, 0.717) is 12.0 Å². The minimum Gasteiger partial charge on any atom is -0.378 e. The van der Waals surface area contributed by atoms with E-state index in [-0.39, 0.29) is 6.04 Å². The van der Waals surface area contributed by atoms with Crippen LogP contribution in [0.1, 0.15) is 36.9 Å². The predicted molar refractivity (Wildman–Crippen MR) is 69.4 cm³/mol. The molecule has 0 spiro atoms. The molecule has 3 N–H and O–H groups in total. The highest BCUT2D eigenvalue weighted by molar-refractivity contribution is 5.29. The summed E-state index contributed by atoms with van der Waals surface area (Å²) < 4.78 is 5.76. The normalized spacial score (nSPS) is 26.1. The average molecular weight is 234 g/mol. The third-order valence-corrected chi connectivity index (χ3v) is 3.79. The second-order valence-electron chi connectivity index (χ2n) is 4.77. The molecule has 1 heterocycles. The number of hydrogen-bond acceptors (Lipinski definition) is 3. The zero-order valence-corrected chi connectivity index (χ0v) is 10.6. The van der Waals surface area contributed by atoms with Crippen LogP contribution in [-0.4, -0.2) is 12.7 Å². The molecule has 0 saturated carbocycles. The monoisotopic (exact) mass is 234 g/mol. The number of rotatable bonds is 4. The van der Waals surface area contributed by atoms with Crippen molar-refractivity contribution < 1.29 is 4.74 Å². The number of benzene rings is 1. The molecule has 2 rings (SSSR count). The second-order valence-corrected chi connectivity index (χ2v) is 4.77. The molecule has 1 aromatic carbocycles. The Balaban J connectivity index is 2.24. The van der Waals surface area contributed by atoms with Crippen LogP contribution in [0.3, 0.4) is 0 Å². The Hall–Kier alpha value is -0.900. The summed E-state index contributed by atoms with van der Waals surface area (Å²) in [7, 11) is 0. The van der Waals surface area contributed by atoms with E-state index in [2.05, 4.69) is 43.5 Å². The molecule has 0 amide bonds. The Bertz CT molecular complexity index is 367. The van der Waals surface area contributed by atoms with Gasteiger partial charge in [-0.05, 0) is 30.9 Å². The molecular formula is C14H22N2O. The van der Waals surface area contributed by atoms with Gasteiger partial charge in [0.25, 0.3) is 0 Å². The van der Waals surface area contributed by atoms with Crippen LogP contribution in [0, 0.1) is 12.8 Å². The van der Waals surface area contributed by atoms with Crippen molar-refractivity contribution in [2.45, 2.75) is 38.8 Å². The van der Waals surface area contributed by atoms with Crippen LogP contribution in [0.25, 0.3) is 0 Å². The molecule has 1 aliphatic heterocycles. The highest BCUT2D eigenvalue weighted by Crippen LogP contribution is 2.35. The Morgan fingerprint density at radius 3 is 2.88 bits per heavy atom. The molecule has 3 unspecified atom stereocenters. The van der Waals surface area contributed by atoms with Crippen LogP contribution in [0.4, 0.5) is 0 Å². The molecule has 3 atom stereocenters. The van der Waals surface area contributed by atoms with E-state index in [1.807, 2.05) is 0 Å². The largest absolute Gasteiger partial charge is 0.378 e. The Morgan fingerprint density at radius 2 is 2.24 bits per heavy atom. The fourth-order valence-corrected chi connectivity index (χ4v) is 2.85. The van der Waals surface area contributed by atoms with E-state index in [0.717, 1.165) is 19.4 Å². The van der Waals surface area contributed by atoms with Crippen LogP contribution in [0.5, 0.6) is 0 Å². The smallest absolute Gasteiger partial charge is 0.0620 e. The van der Waals surface area contributed by atoms with E-state index in [9.17, 15) is 0 Å². The molecule has 3 nitrogen and oxygen atoms in total. The summed E-state index contributed by atoms with van der Waals surface area (Å²) in [5.41, 5.74) is 5.57. The van der Waals surface area contributed by atoms with Crippen molar-refractivity contribution >= 4 is 0 Å². The van der Waals surface area contributed by atoms with Crippen molar-refractivity contribution in [1.29, 1.82) is 0 Å². The van der Waals surface area contributed by atoms with Gasteiger partial charge in [0, 0.05) is 12.5 Å². The van der Waals surface area contributed by atoms with Gasteiger partial charge in [-0.2, -0.15) is 0 Å². The number of nitrogens with one attached hydrogen (secondary N) is 1. The van der Waals surface area contributed by atoms with Crippen molar-refractivity contribution in [3.63, 3.8) is 0 Å². The van der Waals surface area contributed by atoms with Crippen LogP contribution >= 0.6 is 0 Å². The SMILES string of the molecule is CCC1OCCC1C(NN)c1ccccc1C. The molecule has 0 aliphatic carbocycles. The van der Waals surface area contributed by atoms with Crippen LogP contribution in [0.15, 0.2) is 24.3 Å². The Kier molecular flexibility index (Phi) is 4.15. The van der Waals surface area contributed by atoms with Crippen LogP contribution in [-0.2, 0) is 4.74 Å². The van der Waals surface area contributed by atoms with E-state index in [4.69, 9.17) is 10.6 Å². The topological polar surface area (TPSA) is 47.3 Å². The van der Waals surface area contributed by atoms with E-state index in [1.165, 1.54) is 11.1 Å². The summed E-state index contributed by atoms with van der Waals surface area (Å²) >= 11 is 0. The summed E-state index contributed by atoms with van der Waals surface area (Å²) in [6.45, 7) is 5.16. The van der Waals surface area contributed by atoms with Crippen molar-refractivity contribution in [2.75, 3.05) is 6.61 Å². The molecule has 0 bridgehead atoms. The van der Waals surface area contributed by atoms with Gasteiger partial charge < -0.3 is 4.74 Å². The van der Waals surface area contributed by atoms with Gasteiger partial charge >= 0.3 is 0 Å². The molecule has 1 aliphatic rings. The maximum Gasteiger partial charge on any atom is 0.0620 e. The van der Waals surface area contributed by atoms with E-state index < -0.39 is 0 Å². The molecule has 0 radical (unpaired) electrons. The van der Waals surface area contributed by atoms with Crippen molar-refractivity contribution in [3.8, 4) is 0 Å². The molecule has 0 aromatic heterocycles. The first-order chi connectivity index (χ1) is 8.27. The lowest BCUT2D eigenvalue weighted by Crippen LogP contribution is -2.37. The number of aryl methyl sites for hydroxylation is 1. The highest BCUT2D eigenvalue weighted by atomic mass is 16.5. The molecule has 3 heteroatoms. The van der Waals surface area contributed by atoms with E-state index >= 15 is 0 Å². The van der Waals surface area contributed by atoms with Gasteiger partial charge in [-0.15, -0.1) is 0 Å². The first-order valence-corrected chi connectivity index (χ1v) is 6.41. The average Bonchev–Trinajstić information content (AvgIpc) is 2.81. The minimum atomic E-state index is 0.198. The summed E-state index contributed by atoms with van der Waals surface area (Å²) in [4.78, 5) is 0. The molecule has 1 saturated heterocycles. The lowest BCUT2D eigenvalue weighted by Gasteiger charge is -2.28. The maximum absolute atomic E-state index is 5.76. The van der Waals surface area contributed by atoms with Gasteiger partial charge in [0.15, 0.2) is 0 Å². The molecular weight excluding hydrogens is 212 g/mol. The second kappa shape index (κ2) is 5.63. The number of hydrogen-bond donors (Lipinski definition) is 2. The van der Waals surface area contributed by atoms with E-state index in [1.54, 1.807) is 0 Å². The highest BCUT2D eigenvalue weighted by Gasteiger charge is 2.34. The zero-order chi connectivity index (χ0) is 12.3. The third-order valence-electron chi connectivity index (χ3n) is 3.79. The quantitative estimate of drug-likeness (QED) is 0.621. The lowest BCUT2D eigenvalue weighted by atomic mass is 9.85. The van der Waals surface area contributed by atoms with Gasteiger partial charge in [0.05, 0.1) is 12.1 Å². The number of ether oxygens (including phenoxy) is 1. The first-order valence-electron chi connectivity index (χ1n) is 6.41. The first kappa shape index (κ1) is 12.6. The fourth-order valence-electron chi connectivity index (χ4n) is 2.85. The Morgan fingerprint density at radius 1 is 1.47 bits per heavy atom. The number of nitrogens with two attached hydrogens (primary N) is 1. The van der Waals surface area contributed by atoms with Crippen LogP contribution < -0.4 is 11.3 Å². The number of hydrazine groups is 1. The minimum absolute atomic E-state index is 0.198. The zero-order valence-electron chi connectivity index (χ0n) is 10.6. The van der Waals surface area contributed by atoms with Crippen molar-refractivity contribution in [2.24, 2.45) is 11.8 Å².